The molecule has 5 heteroatoms. The molecule has 0 bridgehead atoms. The number of aromatic nitrogens is 2. The normalized spacial score (nSPS) is 13.6. The number of hydrogen-bond acceptors (Lipinski definition) is 4. The number of benzene rings is 1. The molecule has 25 heavy (non-hydrogen) atoms. The predicted molar refractivity (Wildman–Crippen MR) is 101 cm³/mol. The molecular weight excluding hydrogens is 333 g/mol. The van der Waals surface area contributed by atoms with Gasteiger partial charge in [0, 0.05) is 34.9 Å². The van der Waals surface area contributed by atoms with Gasteiger partial charge in [-0.1, -0.05) is 19.1 Å². The Bertz CT molecular complexity index is 832. The third kappa shape index (κ3) is 3.94. The third-order valence-electron chi connectivity index (χ3n) is 4.30. The fraction of sp³-hybridized carbons (Fsp3) is 0.300. The van der Waals surface area contributed by atoms with Gasteiger partial charge in [-0.05, 0) is 50.1 Å². The van der Waals surface area contributed by atoms with Crippen molar-refractivity contribution in [2.75, 3.05) is 0 Å². The highest BCUT2D eigenvalue weighted by molar-refractivity contribution is 7.15. The molecule has 0 radical (unpaired) electrons. The van der Waals surface area contributed by atoms with E-state index >= 15 is 0 Å². The second-order valence-electron chi connectivity index (χ2n) is 6.08. The summed E-state index contributed by atoms with van der Waals surface area (Å²) in [6.45, 7) is 6.28. The molecule has 0 aliphatic heterocycles. The second-order valence-corrected chi connectivity index (χ2v) is 7.11. The molecule has 0 saturated heterocycles. The average Bonchev–Trinajstić information content (AvgIpc) is 3.02. The summed E-state index contributed by atoms with van der Waals surface area (Å²) in [6, 6.07) is 11.3. The van der Waals surface area contributed by atoms with E-state index in [9.17, 15) is 4.39 Å². The molecule has 2 atom stereocenters. The van der Waals surface area contributed by atoms with Crippen LogP contribution in [0, 0.1) is 12.7 Å². The van der Waals surface area contributed by atoms with Crippen molar-refractivity contribution in [2.45, 2.75) is 39.3 Å². The van der Waals surface area contributed by atoms with E-state index in [2.05, 4.69) is 29.1 Å². The van der Waals surface area contributed by atoms with E-state index in [-0.39, 0.29) is 17.9 Å². The minimum atomic E-state index is -0.230. The fourth-order valence-corrected chi connectivity index (χ4v) is 4.09. The zero-order valence-corrected chi connectivity index (χ0v) is 15.5. The van der Waals surface area contributed by atoms with Crippen molar-refractivity contribution >= 4 is 11.3 Å². The van der Waals surface area contributed by atoms with Gasteiger partial charge < -0.3 is 5.32 Å². The summed E-state index contributed by atoms with van der Waals surface area (Å²) >= 11 is 1.56. The minimum Gasteiger partial charge on any atom is -0.303 e. The van der Waals surface area contributed by atoms with Gasteiger partial charge in [0.2, 0.25) is 0 Å². The first-order valence-corrected chi connectivity index (χ1v) is 9.30. The topological polar surface area (TPSA) is 37.8 Å². The lowest BCUT2D eigenvalue weighted by Gasteiger charge is -2.22. The molecule has 0 aliphatic rings. The molecule has 0 aliphatic carbocycles. The predicted octanol–water partition coefficient (Wildman–Crippen LogP) is 5.45. The molecule has 2 aromatic heterocycles. The summed E-state index contributed by atoms with van der Waals surface area (Å²) in [5.41, 5.74) is 2.74. The minimum absolute atomic E-state index is 0.135. The third-order valence-corrected chi connectivity index (χ3v) is 5.67. The van der Waals surface area contributed by atoms with E-state index in [1.165, 1.54) is 11.6 Å². The van der Waals surface area contributed by atoms with Crippen molar-refractivity contribution < 1.29 is 4.39 Å². The van der Waals surface area contributed by atoms with Gasteiger partial charge in [0.05, 0.1) is 5.69 Å². The summed E-state index contributed by atoms with van der Waals surface area (Å²) < 4.78 is 14.0. The molecule has 3 rings (SSSR count). The lowest BCUT2D eigenvalue weighted by molar-refractivity contribution is 0.459. The highest BCUT2D eigenvalue weighted by atomic mass is 32.1. The largest absolute Gasteiger partial charge is 0.303 e. The molecule has 0 unspecified atom stereocenters. The number of nitrogens with zero attached hydrogens (tertiary/aromatic N) is 2. The summed E-state index contributed by atoms with van der Waals surface area (Å²) in [5.74, 6) is -0.230. The Kier molecular flexibility index (Phi) is 5.56. The van der Waals surface area contributed by atoms with Crippen molar-refractivity contribution in [3.05, 3.63) is 70.7 Å². The van der Waals surface area contributed by atoms with Gasteiger partial charge in [-0.25, -0.2) is 9.37 Å². The second kappa shape index (κ2) is 7.85. The summed E-state index contributed by atoms with van der Waals surface area (Å²) in [6.07, 6.45) is 4.61. The Hall–Kier alpha value is -2.11. The number of thiazole rings is 1. The van der Waals surface area contributed by atoms with Crippen LogP contribution < -0.4 is 5.32 Å². The molecule has 0 spiro atoms. The van der Waals surface area contributed by atoms with E-state index in [1.54, 1.807) is 23.5 Å². The summed E-state index contributed by atoms with van der Waals surface area (Å²) in [7, 11) is 0. The number of pyridine rings is 1. The highest BCUT2D eigenvalue weighted by Crippen LogP contribution is 2.34. The Morgan fingerprint density at radius 1 is 1.16 bits per heavy atom. The molecule has 0 saturated carbocycles. The van der Waals surface area contributed by atoms with Crippen LogP contribution in [0.5, 0.6) is 0 Å². The van der Waals surface area contributed by atoms with Gasteiger partial charge in [-0.2, -0.15) is 0 Å². The van der Waals surface area contributed by atoms with Gasteiger partial charge >= 0.3 is 0 Å². The van der Waals surface area contributed by atoms with Crippen molar-refractivity contribution in [3.8, 4) is 10.6 Å². The van der Waals surface area contributed by atoms with Crippen LogP contribution in [-0.2, 0) is 0 Å². The quantitative estimate of drug-likeness (QED) is 0.638. The molecule has 3 nitrogen and oxygen atoms in total. The number of hydrogen-bond donors (Lipinski definition) is 1. The van der Waals surface area contributed by atoms with Crippen LogP contribution in [0.4, 0.5) is 4.39 Å². The van der Waals surface area contributed by atoms with Gasteiger partial charge in [-0.15, -0.1) is 11.3 Å². The standard InChI is InChI=1S/C20H22FN3S/c1-4-18(15-9-11-22-12-10-15)23-13(2)19-14(3)24-20(25-19)16-7-5-6-8-17(16)21/h5-13,18,23H,4H2,1-3H3/t13-,18-/m0/s1. The van der Waals surface area contributed by atoms with Gasteiger partial charge in [0.1, 0.15) is 10.8 Å². The smallest absolute Gasteiger partial charge is 0.133 e. The van der Waals surface area contributed by atoms with E-state index in [1.807, 2.05) is 37.5 Å². The van der Waals surface area contributed by atoms with Gasteiger partial charge in [-0.3, -0.25) is 4.98 Å². The van der Waals surface area contributed by atoms with E-state index in [0.717, 1.165) is 22.0 Å². The van der Waals surface area contributed by atoms with Crippen molar-refractivity contribution in [2.24, 2.45) is 0 Å². The molecule has 1 N–H and O–H groups in total. The Labute approximate surface area is 152 Å². The Morgan fingerprint density at radius 3 is 2.56 bits per heavy atom. The van der Waals surface area contributed by atoms with Crippen LogP contribution in [-0.4, -0.2) is 9.97 Å². The first-order chi connectivity index (χ1) is 12.1. The number of nitrogens with one attached hydrogen (secondary N) is 1. The van der Waals surface area contributed by atoms with Crippen molar-refractivity contribution in [3.63, 3.8) is 0 Å². The maximum absolute atomic E-state index is 14.0. The first-order valence-electron chi connectivity index (χ1n) is 8.48. The zero-order chi connectivity index (χ0) is 17.8. The van der Waals surface area contributed by atoms with Crippen LogP contribution in [0.15, 0.2) is 48.8 Å². The number of halogens is 1. The van der Waals surface area contributed by atoms with Crippen LogP contribution >= 0.6 is 11.3 Å². The van der Waals surface area contributed by atoms with Crippen molar-refractivity contribution in [1.82, 2.24) is 15.3 Å². The summed E-state index contributed by atoms with van der Waals surface area (Å²) in [5, 5.41) is 4.40. The van der Waals surface area contributed by atoms with E-state index < -0.39 is 0 Å². The fourth-order valence-electron chi connectivity index (χ4n) is 2.98. The number of rotatable bonds is 6. The SMILES string of the molecule is CC[C@H](N[C@@H](C)c1sc(-c2ccccc2F)nc1C)c1ccncc1. The molecule has 3 aromatic rings. The monoisotopic (exact) mass is 355 g/mol. The van der Waals surface area contributed by atoms with E-state index in [4.69, 9.17) is 0 Å². The van der Waals surface area contributed by atoms with E-state index in [0.29, 0.717) is 5.56 Å². The lowest BCUT2D eigenvalue weighted by atomic mass is 10.0. The first kappa shape index (κ1) is 17.7. The molecule has 2 heterocycles. The van der Waals surface area contributed by atoms with Gasteiger partial charge in [0.25, 0.3) is 0 Å². The molecule has 1 aromatic carbocycles. The van der Waals surface area contributed by atoms with Crippen LogP contribution in [0.2, 0.25) is 0 Å². The maximum atomic E-state index is 14.0. The molecule has 0 amide bonds. The highest BCUT2D eigenvalue weighted by Gasteiger charge is 2.20. The zero-order valence-electron chi connectivity index (χ0n) is 14.7. The van der Waals surface area contributed by atoms with Crippen LogP contribution in [0.25, 0.3) is 10.6 Å². The van der Waals surface area contributed by atoms with Crippen LogP contribution in [0.1, 0.15) is 48.5 Å². The van der Waals surface area contributed by atoms with Crippen molar-refractivity contribution in [1.29, 1.82) is 0 Å². The average molecular weight is 355 g/mol. The Balaban J connectivity index is 1.83. The molecular formula is C20H22FN3S. The Morgan fingerprint density at radius 2 is 1.88 bits per heavy atom. The van der Waals surface area contributed by atoms with Crippen LogP contribution in [0.3, 0.4) is 0 Å². The number of aryl methyl sites for hydroxylation is 1. The lowest BCUT2D eigenvalue weighted by Crippen LogP contribution is -2.24. The molecule has 0 fully saturated rings. The summed E-state index contributed by atoms with van der Waals surface area (Å²) in [4.78, 5) is 9.83. The maximum Gasteiger partial charge on any atom is 0.133 e. The van der Waals surface area contributed by atoms with Gasteiger partial charge in [0.15, 0.2) is 0 Å². The molecule has 130 valence electrons.